The van der Waals surface area contributed by atoms with E-state index in [2.05, 4.69) is 4.90 Å². The Hall–Kier alpha value is -1.22. The zero-order chi connectivity index (χ0) is 10.7. The van der Waals surface area contributed by atoms with Gasteiger partial charge in [-0.25, -0.2) is 4.39 Å². The molecule has 1 heterocycles. The molecule has 1 saturated heterocycles. The van der Waals surface area contributed by atoms with E-state index in [0.29, 0.717) is 12.1 Å². The lowest BCUT2D eigenvalue weighted by molar-refractivity contribution is 0.0945. The van der Waals surface area contributed by atoms with Crippen molar-refractivity contribution in [1.82, 2.24) is 4.90 Å². The summed E-state index contributed by atoms with van der Waals surface area (Å²) in [7, 11) is 0. The second-order valence-electron chi connectivity index (χ2n) is 3.92. The van der Waals surface area contributed by atoms with Gasteiger partial charge in [-0.1, -0.05) is 12.1 Å². The fraction of sp³-hybridized carbons (Fsp3) is 0.417. The van der Waals surface area contributed by atoms with Crippen molar-refractivity contribution in [3.63, 3.8) is 0 Å². The summed E-state index contributed by atoms with van der Waals surface area (Å²) in [4.78, 5) is 13.9. The van der Waals surface area contributed by atoms with Gasteiger partial charge in [-0.15, -0.1) is 0 Å². The normalized spacial score (nSPS) is 16.9. The summed E-state index contributed by atoms with van der Waals surface area (Å²) < 4.78 is 12.9. The quantitative estimate of drug-likeness (QED) is 0.707. The highest BCUT2D eigenvalue weighted by molar-refractivity contribution is 5.97. The fourth-order valence-electron chi connectivity index (χ4n) is 1.90. The summed E-state index contributed by atoms with van der Waals surface area (Å²) in [6.07, 6.45) is 2.33. The van der Waals surface area contributed by atoms with E-state index in [1.165, 1.54) is 12.1 Å². The molecule has 15 heavy (non-hydrogen) atoms. The van der Waals surface area contributed by atoms with Gasteiger partial charge in [0.05, 0.1) is 6.54 Å². The van der Waals surface area contributed by atoms with Crippen LogP contribution < -0.4 is 0 Å². The van der Waals surface area contributed by atoms with Crippen molar-refractivity contribution in [2.24, 2.45) is 0 Å². The average Bonchev–Trinajstić information content (AvgIpc) is 2.70. The topological polar surface area (TPSA) is 20.3 Å². The molecule has 3 heteroatoms. The van der Waals surface area contributed by atoms with Crippen molar-refractivity contribution in [2.45, 2.75) is 12.8 Å². The zero-order valence-corrected chi connectivity index (χ0v) is 8.58. The van der Waals surface area contributed by atoms with E-state index in [1.54, 1.807) is 12.1 Å². The largest absolute Gasteiger partial charge is 0.296 e. The van der Waals surface area contributed by atoms with Gasteiger partial charge in [0.25, 0.3) is 0 Å². The van der Waals surface area contributed by atoms with Crippen LogP contribution in [0, 0.1) is 5.82 Å². The van der Waals surface area contributed by atoms with Gasteiger partial charge in [-0.3, -0.25) is 9.69 Å². The predicted octanol–water partition coefficient (Wildman–Crippen LogP) is 2.10. The molecular formula is C12H14FNO. The smallest absolute Gasteiger partial charge is 0.176 e. The standard InChI is InChI=1S/C12H14FNO/c13-11-5-3-4-10(8-11)12(15)9-14-6-1-2-7-14/h3-5,8H,1-2,6-7,9H2. The number of likely N-dealkylation sites (tertiary alicyclic amines) is 1. The van der Waals surface area contributed by atoms with Crippen LogP contribution in [0.1, 0.15) is 23.2 Å². The Balaban J connectivity index is 2.01. The number of carbonyl (C=O) groups excluding carboxylic acids is 1. The molecule has 1 aliphatic heterocycles. The van der Waals surface area contributed by atoms with Crippen molar-refractivity contribution < 1.29 is 9.18 Å². The summed E-state index contributed by atoms with van der Waals surface area (Å²) in [5, 5.41) is 0. The van der Waals surface area contributed by atoms with Crippen LogP contribution in [-0.2, 0) is 0 Å². The molecule has 0 radical (unpaired) electrons. The molecule has 0 saturated carbocycles. The number of hydrogen-bond donors (Lipinski definition) is 0. The van der Waals surface area contributed by atoms with E-state index in [9.17, 15) is 9.18 Å². The minimum Gasteiger partial charge on any atom is -0.296 e. The number of carbonyl (C=O) groups is 1. The average molecular weight is 207 g/mol. The lowest BCUT2D eigenvalue weighted by atomic mass is 10.1. The number of Topliss-reactive ketones (excluding diaryl/α,β-unsaturated/α-hetero) is 1. The van der Waals surface area contributed by atoms with Gasteiger partial charge in [-0.2, -0.15) is 0 Å². The number of halogens is 1. The molecule has 0 unspecified atom stereocenters. The molecule has 0 spiro atoms. The Morgan fingerprint density at radius 3 is 2.73 bits per heavy atom. The summed E-state index contributed by atoms with van der Waals surface area (Å²) in [6, 6.07) is 5.90. The molecule has 2 nitrogen and oxygen atoms in total. The molecule has 1 aromatic carbocycles. The highest BCUT2D eigenvalue weighted by Gasteiger charge is 2.16. The van der Waals surface area contributed by atoms with Crippen LogP contribution in [0.4, 0.5) is 4.39 Å². The lowest BCUT2D eigenvalue weighted by Gasteiger charge is -2.12. The molecule has 1 aromatic rings. The second-order valence-corrected chi connectivity index (χ2v) is 3.92. The summed E-state index contributed by atoms with van der Waals surface area (Å²) in [5.74, 6) is -0.335. The van der Waals surface area contributed by atoms with Gasteiger partial charge >= 0.3 is 0 Å². The van der Waals surface area contributed by atoms with Crippen molar-refractivity contribution in [2.75, 3.05) is 19.6 Å². The van der Waals surface area contributed by atoms with E-state index in [1.807, 2.05) is 0 Å². The third kappa shape index (κ3) is 2.63. The molecule has 1 fully saturated rings. The monoisotopic (exact) mass is 207 g/mol. The van der Waals surface area contributed by atoms with Crippen LogP contribution in [0.2, 0.25) is 0 Å². The SMILES string of the molecule is O=C(CN1CCCC1)c1cccc(F)c1. The molecule has 1 aliphatic rings. The van der Waals surface area contributed by atoms with Crippen LogP contribution in [-0.4, -0.2) is 30.3 Å². The van der Waals surface area contributed by atoms with E-state index >= 15 is 0 Å². The molecule has 0 aliphatic carbocycles. The number of benzene rings is 1. The van der Waals surface area contributed by atoms with E-state index in [4.69, 9.17) is 0 Å². The lowest BCUT2D eigenvalue weighted by Crippen LogP contribution is -2.26. The maximum atomic E-state index is 12.9. The predicted molar refractivity (Wildman–Crippen MR) is 56.4 cm³/mol. The molecule has 0 N–H and O–H groups in total. The van der Waals surface area contributed by atoms with E-state index in [-0.39, 0.29) is 11.6 Å². The van der Waals surface area contributed by atoms with Crippen molar-refractivity contribution in [3.8, 4) is 0 Å². The highest BCUT2D eigenvalue weighted by atomic mass is 19.1. The van der Waals surface area contributed by atoms with E-state index in [0.717, 1.165) is 25.9 Å². The summed E-state index contributed by atoms with van der Waals surface area (Å²) in [6.45, 7) is 2.39. The van der Waals surface area contributed by atoms with Crippen LogP contribution in [0.15, 0.2) is 24.3 Å². The Bertz CT molecular complexity index is 358. The zero-order valence-electron chi connectivity index (χ0n) is 8.58. The Kier molecular flexibility index (Phi) is 3.11. The van der Waals surface area contributed by atoms with Gasteiger partial charge in [-0.05, 0) is 38.1 Å². The van der Waals surface area contributed by atoms with Crippen LogP contribution >= 0.6 is 0 Å². The van der Waals surface area contributed by atoms with Crippen molar-refractivity contribution in [3.05, 3.63) is 35.6 Å². The summed E-state index contributed by atoms with van der Waals surface area (Å²) in [5.41, 5.74) is 0.474. The maximum absolute atomic E-state index is 12.9. The van der Waals surface area contributed by atoms with Gasteiger partial charge in [0.1, 0.15) is 5.82 Å². The first-order valence-corrected chi connectivity index (χ1v) is 5.27. The highest BCUT2D eigenvalue weighted by Crippen LogP contribution is 2.10. The van der Waals surface area contributed by atoms with Gasteiger partial charge < -0.3 is 0 Å². The fourth-order valence-corrected chi connectivity index (χ4v) is 1.90. The van der Waals surface area contributed by atoms with Gasteiger partial charge in [0, 0.05) is 5.56 Å². The van der Waals surface area contributed by atoms with Crippen LogP contribution in [0.5, 0.6) is 0 Å². The second kappa shape index (κ2) is 4.53. The number of ketones is 1. The number of rotatable bonds is 3. The van der Waals surface area contributed by atoms with Crippen LogP contribution in [0.3, 0.4) is 0 Å². The molecule has 80 valence electrons. The van der Waals surface area contributed by atoms with Crippen molar-refractivity contribution in [1.29, 1.82) is 0 Å². The molecular weight excluding hydrogens is 193 g/mol. The number of nitrogens with zero attached hydrogens (tertiary/aromatic N) is 1. The minimum absolute atomic E-state index is 0.0106. The van der Waals surface area contributed by atoms with Crippen molar-refractivity contribution >= 4 is 5.78 Å². The van der Waals surface area contributed by atoms with E-state index < -0.39 is 0 Å². The third-order valence-corrected chi connectivity index (χ3v) is 2.71. The Morgan fingerprint density at radius 1 is 1.33 bits per heavy atom. The molecule has 0 atom stereocenters. The molecule has 0 aromatic heterocycles. The molecule has 2 rings (SSSR count). The number of hydrogen-bond acceptors (Lipinski definition) is 2. The third-order valence-electron chi connectivity index (χ3n) is 2.71. The first kappa shape index (κ1) is 10.3. The summed E-state index contributed by atoms with van der Waals surface area (Å²) >= 11 is 0. The Labute approximate surface area is 88.7 Å². The first-order chi connectivity index (χ1) is 7.25. The Morgan fingerprint density at radius 2 is 2.07 bits per heavy atom. The van der Waals surface area contributed by atoms with Gasteiger partial charge in [0.2, 0.25) is 0 Å². The minimum atomic E-state index is -0.345. The van der Waals surface area contributed by atoms with Crippen LogP contribution in [0.25, 0.3) is 0 Å². The first-order valence-electron chi connectivity index (χ1n) is 5.27. The molecule has 0 amide bonds. The maximum Gasteiger partial charge on any atom is 0.176 e. The van der Waals surface area contributed by atoms with Gasteiger partial charge in [0.15, 0.2) is 5.78 Å². The molecule has 0 bridgehead atoms.